The Morgan fingerprint density at radius 1 is 1.42 bits per heavy atom. The van der Waals surface area contributed by atoms with E-state index >= 15 is 0 Å². The van der Waals surface area contributed by atoms with Gasteiger partial charge in [-0.2, -0.15) is 0 Å². The number of anilines is 1. The predicted octanol–water partition coefficient (Wildman–Crippen LogP) is 3.61. The van der Waals surface area contributed by atoms with E-state index < -0.39 is 6.04 Å². The Morgan fingerprint density at radius 3 is 2.74 bits per heavy atom. The van der Waals surface area contributed by atoms with Crippen molar-refractivity contribution in [1.82, 2.24) is 0 Å². The van der Waals surface area contributed by atoms with Crippen molar-refractivity contribution in [2.75, 3.05) is 11.9 Å². The van der Waals surface area contributed by atoms with Gasteiger partial charge in [0, 0.05) is 5.69 Å². The van der Waals surface area contributed by atoms with Gasteiger partial charge in [-0.1, -0.05) is 26.3 Å². The lowest BCUT2D eigenvalue weighted by Crippen LogP contribution is -2.37. The molecule has 1 N–H and O–H groups in total. The van der Waals surface area contributed by atoms with Crippen LogP contribution in [0.2, 0.25) is 0 Å². The summed E-state index contributed by atoms with van der Waals surface area (Å²) >= 11 is 0. The van der Waals surface area contributed by atoms with Crippen LogP contribution >= 0.6 is 0 Å². The molecule has 0 aromatic heterocycles. The zero-order valence-corrected chi connectivity index (χ0v) is 11.8. The van der Waals surface area contributed by atoms with Crippen LogP contribution in [0.5, 0.6) is 0 Å². The average Bonchev–Trinajstić information content (AvgIpc) is 2.36. The van der Waals surface area contributed by atoms with Crippen LogP contribution in [0.15, 0.2) is 24.3 Å². The fraction of sp³-hybridized carbons (Fsp3) is 0.533. The lowest BCUT2D eigenvalue weighted by Gasteiger charge is -2.24. The van der Waals surface area contributed by atoms with Crippen LogP contribution in [-0.2, 0) is 9.53 Å². The maximum absolute atomic E-state index is 13.2. The van der Waals surface area contributed by atoms with Crippen molar-refractivity contribution in [3.8, 4) is 0 Å². The van der Waals surface area contributed by atoms with Gasteiger partial charge in [0.15, 0.2) is 0 Å². The molecule has 1 rings (SSSR count). The molecule has 1 aromatic rings. The second kappa shape index (κ2) is 7.77. The van der Waals surface area contributed by atoms with Crippen LogP contribution in [0.1, 0.15) is 33.6 Å². The van der Waals surface area contributed by atoms with E-state index in [9.17, 15) is 9.18 Å². The van der Waals surface area contributed by atoms with Gasteiger partial charge >= 0.3 is 5.97 Å². The summed E-state index contributed by atoms with van der Waals surface area (Å²) in [5.41, 5.74) is 0.598. The Bertz CT molecular complexity index is 409. The Balaban J connectivity index is 2.81. The molecule has 4 heteroatoms. The molecular weight excluding hydrogens is 245 g/mol. The number of halogens is 1. The van der Waals surface area contributed by atoms with Gasteiger partial charge in [0.05, 0.1) is 6.61 Å². The topological polar surface area (TPSA) is 38.3 Å². The number of nitrogens with one attached hydrogen (secondary N) is 1. The van der Waals surface area contributed by atoms with Gasteiger partial charge in [0.2, 0.25) is 0 Å². The van der Waals surface area contributed by atoms with Crippen LogP contribution in [-0.4, -0.2) is 18.6 Å². The highest BCUT2D eigenvalue weighted by atomic mass is 19.1. The molecule has 0 amide bonds. The van der Waals surface area contributed by atoms with Crippen LogP contribution in [0.4, 0.5) is 10.1 Å². The molecule has 0 aliphatic carbocycles. The molecule has 2 atom stereocenters. The van der Waals surface area contributed by atoms with E-state index in [4.69, 9.17) is 4.74 Å². The summed E-state index contributed by atoms with van der Waals surface area (Å²) in [6.07, 6.45) is 1.90. The molecule has 3 nitrogen and oxygen atoms in total. The summed E-state index contributed by atoms with van der Waals surface area (Å²) in [4.78, 5) is 12.0. The molecule has 0 saturated carbocycles. The molecule has 0 saturated heterocycles. The molecule has 0 radical (unpaired) electrons. The first kappa shape index (κ1) is 15.5. The summed E-state index contributed by atoms with van der Waals surface area (Å²) in [7, 11) is 0. The third kappa shape index (κ3) is 4.89. The molecule has 0 fully saturated rings. The molecule has 0 aliphatic rings. The van der Waals surface area contributed by atoms with Gasteiger partial charge in [-0.25, -0.2) is 9.18 Å². The smallest absolute Gasteiger partial charge is 0.328 e. The van der Waals surface area contributed by atoms with Crippen molar-refractivity contribution in [3.63, 3.8) is 0 Å². The number of rotatable bonds is 7. The normalized spacial score (nSPS) is 13.7. The van der Waals surface area contributed by atoms with Crippen molar-refractivity contribution in [2.24, 2.45) is 5.92 Å². The quantitative estimate of drug-likeness (QED) is 0.767. The second-order valence-corrected chi connectivity index (χ2v) is 4.65. The number of carbonyl (C=O) groups is 1. The summed E-state index contributed by atoms with van der Waals surface area (Å²) in [6.45, 7) is 6.19. The third-order valence-electron chi connectivity index (χ3n) is 3.00. The summed E-state index contributed by atoms with van der Waals surface area (Å²) in [6, 6.07) is 5.67. The first-order chi connectivity index (χ1) is 9.08. The maximum atomic E-state index is 13.2. The molecule has 106 valence electrons. The number of carbonyl (C=O) groups excluding carboxylic acids is 1. The van der Waals surface area contributed by atoms with E-state index in [1.54, 1.807) is 19.1 Å². The Kier molecular flexibility index (Phi) is 6.33. The fourth-order valence-electron chi connectivity index (χ4n) is 2.05. The zero-order chi connectivity index (χ0) is 14.3. The second-order valence-electron chi connectivity index (χ2n) is 4.65. The molecule has 0 heterocycles. The third-order valence-corrected chi connectivity index (χ3v) is 3.00. The molecule has 19 heavy (non-hydrogen) atoms. The van der Waals surface area contributed by atoms with Gasteiger partial charge in [-0.3, -0.25) is 0 Å². The number of esters is 1. The molecule has 0 spiro atoms. The molecule has 0 aliphatic heterocycles. The molecule has 2 unspecified atom stereocenters. The monoisotopic (exact) mass is 267 g/mol. The highest BCUT2D eigenvalue weighted by Crippen LogP contribution is 2.18. The van der Waals surface area contributed by atoms with Crippen molar-refractivity contribution >= 4 is 11.7 Å². The summed E-state index contributed by atoms with van der Waals surface area (Å²) in [5, 5.41) is 3.07. The van der Waals surface area contributed by atoms with Crippen LogP contribution in [0.3, 0.4) is 0 Å². The first-order valence-corrected chi connectivity index (χ1v) is 6.77. The largest absolute Gasteiger partial charge is 0.464 e. The van der Waals surface area contributed by atoms with E-state index in [0.29, 0.717) is 12.3 Å². The highest BCUT2D eigenvalue weighted by molar-refractivity contribution is 5.79. The van der Waals surface area contributed by atoms with E-state index in [1.165, 1.54) is 12.1 Å². The number of ether oxygens (including phenoxy) is 1. The van der Waals surface area contributed by atoms with Gasteiger partial charge in [-0.05, 0) is 37.5 Å². The Morgan fingerprint density at radius 2 is 2.16 bits per heavy atom. The Labute approximate surface area is 114 Å². The fourth-order valence-corrected chi connectivity index (χ4v) is 2.05. The first-order valence-electron chi connectivity index (χ1n) is 6.77. The maximum Gasteiger partial charge on any atom is 0.328 e. The van der Waals surface area contributed by atoms with E-state index in [1.807, 2.05) is 6.92 Å². The number of hydrogen-bond donors (Lipinski definition) is 1. The zero-order valence-electron chi connectivity index (χ0n) is 11.8. The van der Waals surface area contributed by atoms with E-state index in [-0.39, 0.29) is 17.7 Å². The van der Waals surface area contributed by atoms with Crippen LogP contribution in [0, 0.1) is 11.7 Å². The lowest BCUT2D eigenvalue weighted by molar-refractivity contribution is -0.145. The van der Waals surface area contributed by atoms with Crippen molar-refractivity contribution in [1.29, 1.82) is 0 Å². The highest BCUT2D eigenvalue weighted by Gasteiger charge is 2.25. The van der Waals surface area contributed by atoms with Crippen LogP contribution < -0.4 is 5.32 Å². The van der Waals surface area contributed by atoms with Gasteiger partial charge < -0.3 is 10.1 Å². The molecule has 1 aromatic carbocycles. The minimum Gasteiger partial charge on any atom is -0.464 e. The average molecular weight is 267 g/mol. The number of hydrogen-bond acceptors (Lipinski definition) is 3. The predicted molar refractivity (Wildman–Crippen MR) is 74.5 cm³/mol. The minimum atomic E-state index is -0.443. The standard InChI is InChI=1S/C15H22FNO2/c1-4-7-11(3)14(15(18)19-5-2)17-13-9-6-8-12(16)10-13/h6,8-11,14,17H,4-5,7H2,1-3H3. The number of benzene rings is 1. The lowest BCUT2D eigenvalue weighted by atomic mass is 9.96. The van der Waals surface area contributed by atoms with Crippen molar-refractivity contribution in [2.45, 2.75) is 39.7 Å². The minimum absolute atomic E-state index is 0.132. The van der Waals surface area contributed by atoms with Gasteiger partial charge in [-0.15, -0.1) is 0 Å². The molecule has 0 bridgehead atoms. The van der Waals surface area contributed by atoms with Gasteiger partial charge in [0.25, 0.3) is 0 Å². The SMILES string of the molecule is CCCC(C)C(Nc1cccc(F)c1)C(=O)OCC. The van der Waals surface area contributed by atoms with Crippen molar-refractivity contribution in [3.05, 3.63) is 30.1 Å². The summed E-state index contributed by atoms with van der Waals surface area (Å²) < 4.78 is 18.2. The van der Waals surface area contributed by atoms with E-state index in [0.717, 1.165) is 12.8 Å². The molecular formula is C15H22FNO2. The van der Waals surface area contributed by atoms with Crippen LogP contribution in [0.25, 0.3) is 0 Å². The summed E-state index contributed by atoms with van der Waals surface area (Å²) in [5.74, 6) is -0.476. The van der Waals surface area contributed by atoms with Crippen molar-refractivity contribution < 1.29 is 13.9 Å². The van der Waals surface area contributed by atoms with E-state index in [2.05, 4.69) is 12.2 Å². The Hall–Kier alpha value is -1.58. The van der Waals surface area contributed by atoms with Gasteiger partial charge in [0.1, 0.15) is 11.9 Å².